The van der Waals surface area contributed by atoms with Crippen LogP contribution in [0.4, 0.5) is 0 Å². The van der Waals surface area contributed by atoms with Gasteiger partial charge in [0.2, 0.25) is 0 Å². The van der Waals surface area contributed by atoms with E-state index >= 15 is 0 Å². The third-order valence-corrected chi connectivity index (χ3v) is 2.34. The van der Waals surface area contributed by atoms with Gasteiger partial charge in [-0.25, -0.2) is 0 Å². The molecule has 0 aliphatic rings. The smallest absolute Gasteiger partial charge is 0.179 e. The zero-order valence-electron chi connectivity index (χ0n) is 8.24. The van der Waals surface area contributed by atoms with E-state index in [0.29, 0.717) is 10.9 Å². The minimum absolute atomic E-state index is 0.571. The zero-order valence-corrected chi connectivity index (χ0v) is 8.99. The standard InChI is InChI=1S/C10H12ClN3/c1-7(2)6-9-12-13-10-8(11)4-3-5-14(9)10/h3-5,7H,6H2,1-2H3. The second-order valence-corrected chi connectivity index (χ2v) is 4.17. The molecular formula is C10H12ClN3. The molecule has 3 nitrogen and oxygen atoms in total. The minimum atomic E-state index is 0.571. The molecule has 0 aromatic carbocycles. The van der Waals surface area contributed by atoms with Crippen LogP contribution in [0.5, 0.6) is 0 Å². The molecule has 0 spiro atoms. The Kier molecular flexibility index (Phi) is 2.42. The van der Waals surface area contributed by atoms with Crippen LogP contribution < -0.4 is 0 Å². The summed E-state index contributed by atoms with van der Waals surface area (Å²) in [5, 5.41) is 8.83. The average molecular weight is 210 g/mol. The van der Waals surface area contributed by atoms with E-state index in [0.717, 1.165) is 17.9 Å². The maximum absolute atomic E-state index is 5.98. The molecule has 0 N–H and O–H groups in total. The van der Waals surface area contributed by atoms with Gasteiger partial charge in [0.05, 0.1) is 5.02 Å². The van der Waals surface area contributed by atoms with Crippen molar-refractivity contribution in [1.82, 2.24) is 14.6 Å². The Labute approximate surface area is 87.7 Å². The fourth-order valence-electron chi connectivity index (χ4n) is 1.44. The SMILES string of the molecule is CC(C)Cc1nnc2c(Cl)cccn12. The van der Waals surface area contributed by atoms with Crippen LogP contribution in [-0.4, -0.2) is 14.6 Å². The Bertz CT molecular complexity index is 448. The molecule has 0 aliphatic heterocycles. The molecule has 74 valence electrons. The van der Waals surface area contributed by atoms with Gasteiger partial charge in [0.15, 0.2) is 5.65 Å². The van der Waals surface area contributed by atoms with Crippen molar-refractivity contribution in [1.29, 1.82) is 0 Å². The monoisotopic (exact) mass is 209 g/mol. The molecule has 0 amide bonds. The van der Waals surface area contributed by atoms with Gasteiger partial charge >= 0.3 is 0 Å². The van der Waals surface area contributed by atoms with Crippen molar-refractivity contribution in [2.75, 3.05) is 0 Å². The van der Waals surface area contributed by atoms with Crippen LogP contribution in [0.25, 0.3) is 5.65 Å². The van der Waals surface area contributed by atoms with Gasteiger partial charge in [0, 0.05) is 12.6 Å². The lowest BCUT2D eigenvalue weighted by atomic mass is 10.1. The van der Waals surface area contributed by atoms with Gasteiger partial charge < -0.3 is 0 Å². The number of rotatable bonds is 2. The third-order valence-electron chi connectivity index (χ3n) is 2.05. The van der Waals surface area contributed by atoms with E-state index in [1.54, 1.807) is 0 Å². The molecule has 0 saturated carbocycles. The molecule has 0 bridgehead atoms. The molecule has 2 heterocycles. The quantitative estimate of drug-likeness (QED) is 0.761. The Balaban J connectivity index is 2.52. The van der Waals surface area contributed by atoms with Crippen LogP contribution in [0.3, 0.4) is 0 Å². The van der Waals surface area contributed by atoms with Crippen LogP contribution in [0.1, 0.15) is 19.7 Å². The van der Waals surface area contributed by atoms with Crippen molar-refractivity contribution in [2.24, 2.45) is 5.92 Å². The van der Waals surface area contributed by atoms with Gasteiger partial charge in [0.25, 0.3) is 0 Å². The summed E-state index contributed by atoms with van der Waals surface area (Å²) in [6, 6.07) is 3.73. The Morgan fingerprint density at radius 2 is 2.21 bits per heavy atom. The molecule has 14 heavy (non-hydrogen) atoms. The largest absolute Gasteiger partial charge is 0.285 e. The summed E-state index contributed by atoms with van der Waals surface area (Å²) >= 11 is 5.98. The van der Waals surface area contributed by atoms with Crippen molar-refractivity contribution >= 4 is 17.2 Å². The highest BCUT2D eigenvalue weighted by Crippen LogP contribution is 2.16. The van der Waals surface area contributed by atoms with Crippen molar-refractivity contribution in [2.45, 2.75) is 20.3 Å². The van der Waals surface area contributed by atoms with Crippen LogP contribution in [-0.2, 0) is 6.42 Å². The van der Waals surface area contributed by atoms with Crippen LogP contribution in [0, 0.1) is 5.92 Å². The Hall–Kier alpha value is -1.09. The lowest BCUT2D eigenvalue weighted by Crippen LogP contribution is -2.00. The predicted octanol–water partition coefficient (Wildman–Crippen LogP) is 2.58. The molecular weight excluding hydrogens is 198 g/mol. The normalized spacial score (nSPS) is 11.4. The van der Waals surface area contributed by atoms with E-state index in [2.05, 4.69) is 24.0 Å². The van der Waals surface area contributed by atoms with Crippen molar-refractivity contribution < 1.29 is 0 Å². The maximum atomic E-state index is 5.98. The molecule has 0 fully saturated rings. The summed E-state index contributed by atoms with van der Waals surface area (Å²) < 4.78 is 1.95. The number of nitrogens with zero attached hydrogens (tertiary/aromatic N) is 3. The first-order valence-electron chi connectivity index (χ1n) is 4.66. The number of pyridine rings is 1. The molecule has 0 unspecified atom stereocenters. The fraction of sp³-hybridized carbons (Fsp3) is 0.400. The first-order chi connectivity index (χ1) is 6.68. The number of hydrogen-bond acceptors (Lipinski definition) is 2. The van der Waals surface area contributed by atoms with E-state index in [4.69, 9.17) is 11.6 Å². The highest BCUT2D eigenvalue weighted by atomic mass is 35.5. The molecule has 0 saturated heterocycles. The number of fused-ring (bicyclic) bond motifs is 1. The van der Waals surface area contributed by atoms with Gasteiger partial charge in [-0.2, -0.15) is 0 Å². The average Bonchev–Trinajstić information content (AvgIpc) is 2.49. The maximum Gasteiger partial charge on any atom is 0.179 e. The molecule has 2 rings (SSSR count). The van der Waals surface area contributed by atoms with Gasteiger partial charge in [-0.1, -0.05) is 25.4 Å². The number of aromatic nitrogens is 3. The van der Waals surface area contributed by atoms with E-state index in [9.17, 15) is 0 Å². The molecule has 2 aromatic heterocycles. The third kappa shape index (κ3) is 1.60. The zero-order chi connectivity index (χ0) is 10.1. The summed E-state index contributed by atoms with van der Waals surface area (Å²) in [6.07, 6.45) is 2.86. The molecule has 2 aromatic rings. The predicted molar refractivity (Wildman–Crippen MR) is 56.5 cm³/mol. The summed E-state index contributed by atoms with van der Waals surface area (Å²) in [4.78, 5) is 0. The number of hydrogen-bond donors (Lipinski definition) is 0. The second-order valence-electron chi connectivity index (χ2n) is 3.76. The van der Waals surface area contributed by atoms with E-state index < -0.39 is 0 Å². The lowest BCUT2D eigenvalue weighted by molar-refractivity contribution is 0.616. The fourth-order valence-corrected chi connectivity index (χ4v) is 1.64. The van der Waals surface area contributed by atoms with E-state index in [1.807, 2.05) is 22.7 Å². The topological polar surface area (TPSA) is 30.2 Å². The summed E-state index contributed by atoms with van der Waals surface area (Å²) in [5.41, 5.74) is 0.741. The van der Waals surface area contributed by atoms with Crippen LogP contribution in [0.15, 0.2) is 18.3 Å². The number of halogens is 1. The summed E-state index contributed by atoms with van der Waals surface area (Å²) in [5.74, 6) is 1.54. The highest BCUT2D eigenvalue weighted by molar-refractivity contribution is 6.33. The molecule has 0 aliphatic carbocycles. The molecule has 0 atom stereocenters. The van der Waals surface area contributed by atoms with Crippen molar-refractivity contribution in [3.05, 3.63) is 29.2 Å². The van der Waals surface area contributed by atoms with E-state index in [-0.39, 0.29) is 0 Å². The van der Waals surface area contributed by atoms with Crippen molar-refractivity contribution in [3.8, 4) is 0 Å². The van der Waals surface area contributed by atoms with Gasteiger partial charge in [-0.3, -0.25) is 4.40 Å². The van der Waals surface area contributed by atoms with Crippen LogP contribution in [0.2, 0.25) is 5.02 Å². The molecule has 4 heteroatoms. The summed E-state index contributed by atoms with van der Waals surface area (Å²) in [7, 11) is 0. The van der Waals surface area contributed by atoms with Gasteiger partial charge in [0.1, 0.15) is 5.82 Å². The highest BCUT2D eigenvalue weighted by Gasteiger charge is 2.08. The summed E-state index contributed by atoms with van der Waals surface area (Å²) in [6.45, 7) is 4.32. The second kappa shape index (κ2) is 3.58. The Morgan fingerprint density at radius 1 is 1.43 bits per heavy atom. The van der Waals surface area contributed by atoms with Crippen molar-refractivity contribution in [3.63, 3.8) is 0 Å². The van der Waals surface area contributed by atoms with Crippen LogP contribution >= 0.6 is 11.6 Å². The minimum Gasteiger partial charge on any atom is -0.285 e. The Morgan fingerprint density at radius 3 is 2.93 bits per heavy atom. The van der Waals surface area contributed by atoms with Gasteiger partial charge in [-0.15, -0.1) is 10.2 Å². The molecule has 0 radical (unpaired) electrons. The first kappa shape index (κ1) is 9.46. The first-order valence-corrected chi connectivity index (χ1v) is 5.04. The van der Waals surface area contributed by atoms with Gasteiger partial charge in [-0.05, 0) is 18.1 Å². The van der Waals surface area contributed by atoms with E-state index in [1.165, 1.54) is 0 Å². The lowest BCUT2D eigenvalue weighted by Gasteiger charge is -2.02.